The molecule has 80 valence electrons. The van der Waals surface area contributed by atoms with E-state index in [4.69, 9.17) is 0 Å². The number of nitrogens with zero attached hydrogens (tertiary/aromatic N) is 2. The molecule has 0 N–H and O–H groups in total. The van der Waals surface area contributed by atoms with Gasteiger partial charge < -0.3 is 9.47 Å². The van der Waals surface area contributed by atoms with Crippen molar-refractivity contribution in [3.05, 3.63) is 0 Å². The Balaban J connectivity index is 2.22. The number of carbonyl (C=O) groups is 2. The fourth-order valence-electron chi connectivity index (χ4n) is 1.65. The van der Waals surface area contributed by atoms with Crippen LogP contribution in [0.2, 0.25) is 0 Å². The van der Waals surface area contributed by atoms with E-state index >= 15 is 0 Å². The highest BCUT2D eigenvalue weighted by atomic mass is 16.5. The Labute approximate surface area is 86.0 Å². The standard InChI is InChI=1S/C9H10N2O4/c1-14-8(12)6-4-3-5(4)7(11-10-6)9(13)15-2/h4-5H,3H2,1-2H3/t4-,5+. The van der Waals surface area contributed by atoms with Gasteiger partial charge in [0.05, 0.1) is 14.2 Å². The summed E-state index contributed by atoms with van der Waals surface area (Å²) in [6.07, 6.45) is 0.710. The summed E-state index contributed by atoms with van der Waals surface area (Å²) in [6, 6.07) is 0. The molecule has 0 aromatic rings. The predicted molar refractivity (Wildman–Crippen MR) is 50.5 cm³/mol. The maximum absolute atomic E-state index is 11.2. The van der Waals surface area contributed by atoms with Crippen LogP contribution in [0.25, 0.3) is 0 Å². The van der Waals surface area contributed by atoms with Crippen molar-refractivity contribution in [3.8, 4) is 0 Å². The molecular formula is C9H10N2O4. The zero-order valence-corrected chi connectivity index (χ0v) is 8.39. The largest absolute Gasteiger partial charge is 0.464 e. The average Bonchev–Trinajstić information content (AvgIpc) is 3.05. The summed E-state index contributed by atoms with van der Waals surface area (Å²) in [5.74, 6) is -1.00. The van der Waals surface area contributed by atoms with Gasteiger partial charge in [0.2, 0.25) is 0 Å². The third-order valence-corrected chi connectivity index (χ3v) is 2.55. The van der Waals surface area contributed by atoms with Crippen LogP contribution in [-0.4, -0.2) is 37.6 Å². The molecule has 2 atom stereocenters. The van der Waals surface area contributed by atoms with E-state index in [0.717, 1.165) is 0 Å². The highest BCUT2D eigenvalue weighted by molar-refractivity contribution is 6.44. The van der Waals surface area contributed by atoms with Crippen LogP contribution < -0.4 is 0 Å². The summed E-state index contributed by atoms with van der Waals surface area (Å²) >= 11 is 0. The zero-order valence-electron chi connectivity index (χ0n) is 8.39. The lowest BCUT2D eigenvalue weighted by Gasteiger charge is -2.07. The van der Waals surface area contributed by atoms with E-state index in [1.807, 2.05) is 0 Å². The second kappa shape index (κ2) is 3.45. The van der Waals surface area contributed by atoms with Gasteiger partial charge in [-0.15, -0.1) is 10.2 Å². The fraction of sp³-hybridized carbons (Fsp3) is 0.556. The predicted octanol–water partition coefficient (Wildman–Crippen LogP) is -0.221. The van der Waals surface area contributed by atoms with Crippen molar-refractivity contribution in [1.29, 1.82) is 0 Å². The molecular weight excluding hydrogens is 200 g/mol. The van der Waals surface area contributed by atoms with E-state index in [1.165, 1.54) is 14.2 Å². The first kappa shape index (κ1) is 9.82. The van der Waals surface area contributed by atoms with Crippen LogP contribution in [-0.2, 0) is 19.1 Å². The molecule has 6 nitrogen and oxygen atoms in total. The smallest absolute Gasteiger partial charge is 0.354 e. The summed E-state index contributed by atoms with van der Waals surface area (Å²) in [6.45, 7) is 0. The molecule has 0 bridgehead atoms. The summed E-state index contributed by atoms with van der Waals surface area (Å²) in [4.78, 5) is 22.4. The third kappa shape index (κ3) is 1.51. The van der Waals surface area contributed by atoms with Gasteiger partial charge in [-0.2, -0.15) is 0 Å². The summed E-state index contributed by atoms with van der Waals surface area (Å²) < 4.78 is 9.11. The molecule has 1 aliphatic heterocycles. The summed E-state index contributed by atoms with van der Waals surface area (Å²) in [5.41, 5.74) is 0.602. The number of fused-ring (bicyclic) bond motifs is 1. The number of rotatable bonds is 2. The topological polar surface area (TPSA) is 77.3 Å². The molecule has 0 spiro atoms. The van der Waals surface area contributed by atoms with Crippen molar-refractivity contribution in [3.63, 3.8) is 0 Å². The first-order valence-corrected chi connectivity index (χ1v) is 4.51. The lowest BCUT2D eigenvalue weighted by Crippen LogP contribution is -2.27. The molecule has 1 fully saturated rings. The zero-order chi connectivity index (χ0) is 11.0. The van der Waals surface area contributed by atoms with Gasteiger partial charge in [-0.1, -0.05) is 0 Å². The number of carbonyl (C=O) groups excluding carboxylic acids is 2. The highest BCUT2D eigenvalue weighted by Crippen LogP contribution is 2.43. The van der Waals surface area contributed by atoms with Crippen LogP contribution in [0.4, 0.5) is 0 Å². The van der Waals surface area contributed by atoms with Crippen LogP contribution >= 0.6 is 0 Å². The molecule has 1 aliphatic carbocycles. The van der Waals surface area contributed by atoms with Gasteiger partial charge in [0, 0.05) is 11.8 Å². The Morgan fingerprint density at radius 2 is 1.47 bits per heavy atom. The van der Waals surface area contributed by atoms with E-state index in [2.05, 4.69) is 19.7 Å². The van der Waals surface area contributed by atoms with Gasteiger partial charge in [0.1, 0.15) is 0 Å². The van der Waals surface area contributed by atoms with Crippen LogP contribution in [0.1, 0.15) is 6.42 Å². The molecule has 2 rings (SSSR count). The molecule has 1 heterocycles. The van der Waals surface area contributed by atoms with Crippen LogP contribution in [0.5, 0.6) is 0 Å². The second-order valence-electron chi connectivity index (χ2n) is 3.40. The average molecular weight is 210 g/mol. The number of methoxy groups -OCH3 is 2. The fourth-order valence-corrected chi connectivity index (χ4v) is 1.65. The summed E-state index contributed by atoms with van der Waals surface area (Å²) in [7, 11) is 2.59. The number of hydrogen-bond acceptors (Lipinski definition) is 6. The van der Waals surface area contributed by atoms with Crippen LogP contribution in [0.15, 0.2) is 10.2 Å². The first-order valence-electron chi connectivity index (χ1n) is 4.51. The maximum atomic E-state index is 11.2. The first-order chi connectivity index (χ1) is 7.19. The lowest BCUT2D eigenvalue weighted by atomic mass is 10.1. The summed E-state index contributed by atoms with van der Waals surface area (Å²) in [5, 5.41) is 7.41. The Kier molecular flexibility index (Phi) is 2.26. The van der Waals surface area contributed by atoms with Crippen molar-refractivity contribution < 1.29 is 19.1 Å². The lowest BCUT2D eigenvalue weighted by molar-refractivity contribution is -0.134. The van der Waals surface area contributed by atoms with Crippen LogP contribution in [0.3, 0.4) is 0 Å². The van der Waals surface area contributed by atoms with E-state index in [1.54, 1.807) is 0 Å². The van der Waals surface area contributed by atoms with Crippen molar-refractivity contribution in [2.45, 2.75) is 6.42 Å². The van der Waals surface area contributed by atoms with E-state index < -0.39 is 11.9 Å². The van der Waals surface area contributed by atoms with E-state index in [-0.39, 0.29) is 11.8 Å². The Morgan fingerprint density at radius 3 is 1.80 bits per heavy atom. The molecule has 6 heteroatoms. The molecule has 15 heavy (non-hydrogen) atoms. The minimum absolute atomic E-state index is 0.0240. The highest BCUT2D eigenvalue weighted by Gasteiger charge is 2.51. The quantitative estimate of drug-likeness (QED) is 0.590. The molecule has 1 saturated carbocycles. The van der Waals surface area contributed by atoms with Gasteiger partial charge >= 0.3 is 11.9 Å². The van der Waals surface area contributed by atoms with Crippen molar-refractivity contribution in [2.75, 3.05) is 14.2 Å². The Bertz CT molecular complexity index is 350. The van der Waals surface area contributed by atoms with Gasteiger partial charge in [0.25, 0.3) is 0 Å². The number of esters is 2. The molecule has 0 unspecified atom stereocenters. The van der Waals surface area contributed by atoms with Gasteiger partial charge in [-0.25, -0.2) is 9.59 Å². The minimum Gasteiger partial charge on any atom is -0.464 e. The van der Waals surface area contributed by atoms with Gasteiger partial charge in [-0.3, -0.25) is 0 Å². The van der Waals surface area contributed by atoms with Gasteiger partial charge in [-0.05, 0) is 6.42 Å². The van der Waals surface area contributed by atoms with Crippen molar-refractivity contribution >= 4 is 23.4 Å². The van der Waals surface area contributed by atoms with E-state index in [0.29, 0.717) is 17.8 Å². The van der Waals surface area contributed by atoms with Gasteiger partial charge in [0.15, 0.2) is 11.4 Å². The normalized spacial score (nSPS) is 27.1. The third-order valence-electron chi connectivity index (χ3n) is 2.55. The SMILES string of the molecule is COC(=O)C1=NN=C(C(=O)OC)[C@@H]2C[C@H]12. The van der Waals surface area contributed by atoms with E-state index in [9.17, 15) is 9.59 Å². The Morgan fingerprint density at radius 1 is 1.07 bits per heavy atom. The number of ether oxygens (including phenoxy) is 2. The second-order valence-corrected chi connectivity index (χ2v) is 3.40. The molecule has 0 amide bonds. The minimum atomic E-state index is -0.477. The monoisotopic (exact) mass is 210 g/mol. The molecule has 0 saturated heterocycles. The van der Waals surface area contributed by atoms with Crippen molar-refractivity contribution in [1.82, 2.24) is 0 Å². The molecule has 0 aromatic heterocycles. The van der Waals surface area contributed by atoms with Crippen LogP contribution in [0, 0.1) is 11.8 Å². The number of hydrogen-bond donors (Lipinski definition) is 0. The van der Waals surface area contributed by atoms with Crippen molar-refractivity contribution in [2.24, 2.45) is 22.0 Å². The molecule has 2 aliphatic rings. The molecule has 0 aromatic carbocycles. The molecule has 0 radical (unpaired) electrons. The Hall–Kier alpha value is -1.72. The maximum Gasteiger partial charge on any atom is 0.354 e.